The molecule has 1 saturated carbocycles. The Morgan fingerprint density at radius 1 is 1.15 bits per heavy atom. The standard InChI is InChI=1S/C18H22N2O3S3/c21-18(19-11-13-24-16-4-1-2-5-16)14-7-9-15(10-8-14)20-26(22,23)17-6-3-12-25-17/h3,6-10,12,16,20H,1-2,4-5,11,13H2,(H,19,21). The molecule has 0 spiro atoms. The lowest BCUT2D eigenvalue weighted by Gasteiger charge is -2.10. The van der Waals surface area contributed by atoms with Crippen LogP contribution in [0, 0.1) is 0 Å². The van der Waals surface area contributed by atoms with Crippen LogP contribution in [0.25, 0.3) is 0 Å². The number of nitrogens with one attached hydrogen (secondary N) is 2. The fourth-order valence-electron chi connectivity index (χ4n) is 2.86. The quantitative estimate of drug-likeness (QED) is 0.646. The predicted molar refractivity (Wildman–Crippen MR) is 109 cm³/mol. The maximum Gasteiger partial charge on any atom is 0.271 e. The maximum atomic E-state index is 12.2. The highest BCUT2D eigenvalue weighted by molar-refractivity contribution is 7.99. The summed E-state index contributed by atoms with van der Waals surface area (Å²) in [4.78, 5) is 12.2. The molecule has 1 amide bonds. The van der Waals surface area contributed by atoms with Gasteiger partial charge in [-0.2, -0.15) is 11.8 Å². The summed E-state index contributed by atoms with van der Waals surface area (Å²) in [6.45, 7) is 0.646. The fourth-order valence-corrected chi connectivity index (χ4v) is 6.13. The minimum absolute atomic E-state index is 0.135. The van der Waals surface area contributed by atoms with Gasteiger partial charge in [-0.05, 0) is 48.6 Å². The van der Waals surface area contributed by atoms with Gasteiger partial charge in [0.1, 0.15) is 4.21 Å². The van der Waals surface area contributed by atoms with E-state index < -0.39 is 10.0 Å². The third-order valence-corrected chi connectivity index (χ3v) is 8.36. The molecule has 0 saturated heterocycles. The molecule has 1 aromatic carbocycles. The molecule has 0 aliphatic heterocycles. The van der Waals surface area contributed by atoms with E-state index in [1.807, 2.05) is 11.8 Å². The van der Waals surface area contributed by atoms with Crippen molar-refractivity contribution < 1.29 is 13.2 Å². The van der Waals surface area contributed by atoms with E-state index in [0.29, 0.717) is 17.8 Å². The number of benzene rings is 1. The van der Waals surface area contributed by atoms with Crippen LogP contribution in [0.5, 0.6) is 0 Å². The monoisotopic (exact) mass is 410 g/mol. The van der Waals surface area contributed by atoms with Gasteiger partial charge in [0.25, 0.3) is 15.9 Å². The van der Waals surface area contributed by atoms with Crippen molar-refractivity contribution in [3.8, 4) is 0 Å². The molecule has 0 unspecified atom stereocenters. The highest BCUT2D eigenvalue weighted by Crippen LogP contribution is 2.28. The number of thioether (sulfide) groups is 1. The molecule has 26 heavy (non-hydrogen) atoms. The predicted octanol–water partition coefficient (Wildman–Crippen LogP) is 3.95. The van der Waals surface area contributed by atoms with E-state index in [9.17, 15) is 13.2 Å². The molecule has 1 heterocycles. The zero-order valence-electron chi connectivity index (χ0n) is 14.3. The van der Waals surface area contributed by atoms with Gasteiger partial charge in [-0.15, -0.1) is 11.3 Å². The summed E-state index contributed by atoms with van der Waals surface area (Å²) in [6.07, 6.45) is 5.24. The average Bonchev–Trinajstić information content (AvgIpc) is 3.32. The molecule has 1 aliphatic rings. The van der Waals surface area contributed by atoms with Crippen LogP contribution in [-0.2, 0) is 10.0 Å². The third-order valence-electron chi connectivity index (χ3n) is 4.20. The van der Waals surface area contributed by atoms with E-state index in [1.165, 1.54) is 25.7 Å². The second kappa shape index (κ2) is 8.92. The van der Waals surface area contributed by atoms with Gasteiger partial charge in [0.05, 0.1) is 0 Å². The summed E-state index contributed by atoms with van der Waals surface area (Å²) in [5.74, 6) is 0.791. The molecule has 0 bridgehead atoms. The molecule has 3 rings (SSSR count). The summed E-state index contributed by atoms with van der Waals surface area (Å²) in [6, 6.07) is 9.72. The van der Waals surface area contributed by atoms with Gasteiger partial charge in [0, 0.05) is 28.8 Å². The van der Waals surface area contributed by atoms with Crippen LogP contribution in [0.15, 0.2) is 46.0 Å². The van der Waals surface area contributed by atoms with E-state index in [2.05, 4.69) is 10.0 Å². The van der Waals surface area contributed by atoms with E-state index in [1.54, 1.807) is 41.8 Å². The molecule has 2 aromatic rings. The first kappa shape index (κ1) is 19.3. The number of thiophene rings is 1. The van der Waals surface area contributed by atoms with Crippen LogP contribution >= 0.6 is 23.1 Å². The molecule has 8 heteroatoms. The van der Waals surface area contributed by atoms with Crippen LogP contribution in [-0.4, -0.2) is 31.9 Å². The van der Waals surface area contributed by atoms with Crippen LogP contribution in [0.1, 0.15) is 36.0 Å². The number of rotatable bonds is 8. The van der Waals surface area contributed by atoms with Gasteiger partial charge in [-0.3, -0.25) is 9.52 Å². The molecule has 140 valence electrons. The van der Waals surface area contributed by atoms with Crippen LogP contribution < -0.4 is 10.0 Å². The number of anilines is 1. The Balaban J connectivity index is 1.48. The first-order valence-corrected chi connectivity index (χ1v) is 12.0. The maximum absolute atomic E-state index is 12.2. The Morgan fingerprint density at radius 2 is 1.88 bits per heavy atom. The first-order valence-electron chi connectivity index (χ1n) is 8.61. The molecule has 1 aliphatic carbocycles. The van der Waals surface area contributed by atoms with E-state index >= 15 is 0 Å². The minimum Gasteiger partial charge on any atom is -0.351 e. The summed E-state index contributed by atoms with van der Waals surface area (Å²) in [7, 11) is -3.56. The highest BCUT2D eigenvalue weighted by Gasteiger charge is 2.16. The number of amides is 1. The summed E-state index contributed by atoms with van der Waals surface area (Å²) in [5.41, 5.74) is 0.960. The first-order chi connectivity index (χ1) is 12.5. The van der Waals surface area contributed by atoms with Gasteiger partial charge in [-0.25, -0.2) is 8.42 Å². The van der Waals surface area contributed by atoms with Crippen molar-refractivity contribution in [2.75, 3.05) is 17.0 Å². The average molecular weight is 411 g/mol. The number of carbonyl (C=O) groups excluding carboxylic acids is 1. The number of hydrogen-bond acceptors (Lipinski definition) is 5. The van der Waals surface area contributed by atoms with Gasteiger partial charge in [-0.1, -0.05) is 18.9 Å². The topological polar surface area (TPSA) is 75.3 Å². The molecular weight excluding hydrogens is 388 g/mol. The van der Waals surface area contributed by atoms with Gasteiger partial charge >= 0.3 is 0 Å². The summed E-state index contributed by atoms with van der Waals surface area (Å²) >= 11 is 3.10. The number of hydrogen-bond donors (Lipinski definition) is 2. The van der Waals surface area contributed by atoms with Crippen molar-refractivity contribution >= 4 is 44.7 Å². The van der Waals surface area contributed by atoms with E-state index in [4.69, 9.17) is 0 Å². The van der Waals surface area contributed by atoms with E-state index in [-0.39, 0.29) is 10.1 Å². The van der Waals surface area contributed by atoms with Crippen LogP contribution in [0.2, 0.25) is 0 Å². The zero-order chi connectivity index (χ0) is 18.4. The molecule has 5 nitrogen and oxygen atoms in total. The fraction of sp³-hybridized carbons (Fsp3) is 0.389. The Hall–Kier alpha value is -1.51. The van der Waals surface area contributed by atoms with Crippen molar-refractivity contribution in [2.24, 2.45) is 0 Å². The van der Waals surface area contributed by atoms with Gasteiger partial charge < -0.3 is 5.32 Å². The van der Waals surface area contributed by atoms with Gasteiger partial charge in [0.2, 0.25) is 0 Å². The Bertz CT molecular complexity index is 812. The summed E-state index contributed by atoms with van der Waals surface area (Å²) < 4.78 is 27.1. The van der Waals surface area contributed by atoms with Crippen molar-refractivity contribution in [1.29, 1.82) is 0 Å². The molecule has 0 radical (unpaired) electrons. The van der Waals surface area contributed by atoms with Crippen LogP contribution in [0.3, 0.4) is 0 Å². The Morgan fingerprint density at radius 3 is 2.54 bits per heavy atom. The lowest BCUT2D eigenvalue weighted by molar-refractivity contribution is 0.0956. The Labute approximate surface area is 162 Å². The van der Waals surface area contributed by atoms with Crippen molar-refractivity contribution in [3.63, 3.8) is 0 Å². The smallest absolute Gasteiger partial charge is 0.271 e. The molecule has 0 atom stereocenters. The highest BCUT2D eigenvalue weighted by atomic mass is 32.2. The Kier molecular flexibility index (Phi) is 6.61. The zero-order valence-corrected chi connectivity index (χ0v) is 16.8. The second-order valence-corrected chi connectivity index (χ2v) is 10.4. The molecule has 1 aromatic heterocycles. The SMILES string of the molecule is O=C(NCCSC1CCCC1)c1ccc(NS(=O)(=O)c2cccs2)cc1. The second-order valence-electron chi connectivity index (χ2n) is 6.15. The van der Waals surface area contributed by atoms with Crippen molar-refractivity contribution in [3.05, 3.63) is 47.3 Å². The normalized spacial score (nSPS) is 15.1. The molecular formula is C18H22N2O3S3. The molecule has 2 N–H and O–H groups in total. The number of carbonyl (C=O) groups is 1. The summed E-state index contributed by atoms with van der Waals surface area (Å²) in [5, 5.41) is 5.38. The van der Waals surface area contributed by atoms with Crippen molar-refractivity contribution in [2.45, 2.75) is 35.1 Å². The van der Waals surface area contributed by atoms with E-state index in [0.717, 1.165) is 22.3 Å². The van der Waals surface area contributed by atoms with Gasteiger partial charge in [0.15, 0.2) is 0 Å². The minimum atomic E-state index is -3.56. The lowest BCUT2D eigenvalue weighted by atomic mass is 10.2. The molecule has 1 fully saturated rings. The largest absolute Gasteiger partial charge is 0.351 e. The number of sulfonamides is 1. The lowest BCUT2D eigenvalue weighted by Crippen LogP contribution is -2.26. The van der Waals surface area contributed by atoms with Crippen molar-refractivity contribution in [1.82, 2.24) is 5.32 Å². The third kappa shape index (κ3) is 5.25. The van der Waals surface area contributed by atoms with Crippen LogP contribution in [0.4, 0.5) is 5.69 Å².